The number of fused-ring (bicyclic) bond motifs is 5. The first-order valence-electron chi connectivity index (χ1n) is 12.8. The number of nitrogens with zero attached hydrogens (tertiary/aromatic N) is 3. The maximum absolute atomic E-state index is 10.2. The standard InChI is InChI=1S/C31H34N4O2/c1-8-20-17(4)25-11-24-16(3)10-28(32-24)23(15-37-7)31-22(14-36)19(6)27(35-31)13-30-21(9-2)18(5)26(34-30)12-29(20)33-25/h8,11-14,16,32,36H,1,9-10,15H2,2-7H3/b22-14+,24-11?,28-23?,29-12?,30-13?. The van der Waals surface area contributed by atoms with Gasteiger partial charge >= 0.3 is 0 Å². The minimum absolute atomic E-state index is 0.269. The van der Waals surface area contributed by atoms with E-state index in [9.17, 15) is 5.11 Å². The molecule has 5 aliphatic rings. The maximum Gasteiger partial charge on any atom is 0.0889 e. The molecule has 6 nitrogen and oxygen atoms in total. The Morgan fingerprint density at radius 2 is 1.76 bits per heavy atom. The first-order chi connectivity index (χ1) is 17.8. The molecule has 1 saturated heterocycles. The zero-order valence-corrected chi connectivity index (χ0v) is 22.5. The molecule has 0 amide bonds. The van der Waals surface area contributed by atoms with E-state index in [2.05, 4.69) is 51.7 Å². The van der Waals surface area contributed by atoms with Crippen molar-refractivity contribution in [3.8, 4) is 0 Å². The van der Waals surface area contributed by atoms with Crippen molar-refractivity contribution in [1.29, 1.82) is 0 Å². The zero-order chi connectivity index (χ0) is 26.4. The summed E-state index contributed by atoms with van der Waals surface area (Å²) in [5, 5.41) is 13.9. The molecule has 0 saturated carbocycles. The van der Waals surface area contributed by atoms with Crippen LogP contribution in [0.2, 0.25) is 0 Å². The Hall–Kier alpha value is -3.77. The molecule has 5 rings (SSSR count). The summed E-state index contributed by atoms with van der Waals surface area (Å²) in [6.45, 7) is 15.0. The molecule has 1 fully saturated rings. The third kappa shape index (κ3) is 4.05. The highest BCUT2D eigenvalue weighted by molar-refractivity contribution is 6.19. The molecule has 8 bridgehead atoms. The Kier molecular flexibility index (Phi) is 6.46. The summed E-state index contributed by atoms with van der Waals surface area (Å²) in [5.41, 5.74) is 14.3. The molecule has 0 aliphatic carbocycles. The van der Waals surface area contributed by atoms with Crippen molar-refractivity contribution in [2.45, 2.75) is 47.5 Å². The molecule has 0 aromatic rings. The highest BCUT2D eigenvalue weighted by Crippen LogP contribution is 2.38. The van der Waals surface area contributed by atoms with Gasteiger partial charge in [0.05, 0.1) is 47.1 Å². The zero-order valence-electron chi connectivity index (χ0n) is 22.5. The van der Waals surface area contributed by atoms with Crippen LogP contribution in [0.25, 0.3) is 0 Å². The number of methoxy groups -OCH3 is 1. The smallest absolute Gasteiger partial charge is 0.0889 e. The molecular weight excluding hydrogens is 460 g/mol. The van der Waals surface area contributed by atoms with Gasteiger partial charge in [-0.2, -0.15) is 0 Å². The highest BCUT2D eigenvalue weighted by Gasteiger charge is 2.31. The van der Waals surface area contributed by atoms with Gasteiger partial charge in [0.15, 0.2) is 0 Å². The lowest BCUT2D eigenvalue weighted by Crippen LogP contribution is -2.17. The lowest BCUT2D eigenvalue weighted by Gasteiger charge is -2.13. The van der Waals surface area contributed by atoms with Crippen molar-refractivity contribution >= 4 is 17.1 Å². The van der Waals surface area contributed by atoms with Gasteiger partial charge in [0.25, 0.3) is 0 Å². The van der Waals surface area contributed by atoms with Gasteiger partial charge in [-0.25, -0.2) is 15.0 Å². The molecule has 5 heterocycles. The first kappa shape index (κ1) is 24.9. The molecule has 37 heavy (non-hydrogen) atoms. The third-order valence-corrected chi connectivity index (χ3v) is 7.77. The summed E-state index contributed by atoms with van der Waals surface area (Å²) >= 11 is 0. The average Bonchev–Trinajstić information content (AvgIpc) is 3.57. The number of hydrogen-bond donors (Lipinski definition) is 2. The number of aliphatic hydroxyl groups excluding tert-OH is 1. The lowest BCUT2D eigenvalue weighted by atomic mass is 9.96. The van der Waals surface area contributed by atoms with Gasteiger partial charge in [-0.05, 0) is 74.1 Å². The second-order valence-electron chi connectivity index (χ2n) is 9.99. The van der Waals surface area contributed by atoms with Crippen LogP contribution in [0.5, 0.6) is 0 Å². The Balaban J connectivity index is 1.81. The number of nitrogens with one attached hydrogen (secondary N) is 1. The van der Waals surface area contributed by atoms with Crippen LogP contribution >= 0.6 is 0 Å². The Bertz CT molecular complexity index is 1460. The minimum atomic E-state index is 0.269. The van der Waals surface area contributed by atoms with Gasteiger partial charge in [0, 0.05) is 41.1 Å². The summed E-state index contributed by atoms with van der Waals surface area (Å²) in [6, 6.07) is 0. The SMILES string of the molecule is C=CC1=C(C)C2=NC1=CC1=NC(=CC3=C(C)/C(=C\O)C(=N3)C(COC)=C3CC(C)C(=C2)N3)C(CC)=C1C. The summed E-state index contributed by atoms with van der Waals surface area (Å²) in [5.74, 6) is 0.269. The van der Waals surface area contributed by atoms with Crippen molar-refractivity contribution in [3.63, 3.8) is 0 Å². The molecule has 0 spiro atoms. The van der Waals surface area contributed by atoms with Gasteiger partial charge in [0.1, 0.15) is 0 Å². The van der Waals surface area contributed by atoms with Crippen LogP contribution in [-0.2, 0) is 4.74 Å². The van der Waals surface area contributed by atoms with Crippen molar-refractivity contribution < 1.29 is 9.84 Å². The van der Waals surface area contributed by atoms with Crippen LogP contribution in [0.4, 0.5) is 0 Å². The Morgan fingerprint density at radius 3 is 2.43 bits per heavy atom. The molecule has 0 aromatic carbocycles. The van der Waals surface area contributed by atoms with Crippen molar-refractivity contribution in [3.05, 3.63) is 105 Å². The fourth-order valence-electron chi connectivity index (χ4n) is 5.55. The highest BCUT2D eigenvalue weighted by atomic mass is 16.5. The van der Waals surface area contributed by atoms with Crippen molar-refractivity contribution in [1.82, 2.24) is 5.32 Å². The number of allylic oxidation sites excluding steroid dienone is 11. The minimum Gasteiger partial charge on any atom is -0.515 e. The molecule has 2 N–H and O–H groups in total. The van der Waals surface area contributed by atoms with Crippen molar-refractivity contribution in [2.24, 2.45) is 20.9 Å². The predicted octanol–water partition coefficient (Wildman–Crippen LogP) is 6.49. The number of aliphatic hydroxyl groups is 1. The monoisotopic (exact) mass is 494 g/mol. The van der Waals surface area contributed by atoms with E-state index >= 15 is 0 Å². The summed E-state index contributed by atoms with van der Waals surface area (Å²) in [4.78, 5) is 15.1. The van der Waals surface area contributed by atoms with Crippen molar-refractivity contribution in [2.75, 3.05) is 13.7 Å². The summed E-state index contributed by atoms with van der Waals surface area (Å²) in [6.07, 6.45) is 11.0. The lowest BCUT2D eigenvalue weighted by molar-refractivity contribution is 0.228. The molecule has 5 aliphatic heterocycles. The first-order valence-corrected chi connectivity index (χ1v) is 12.8. The molecule has 0 radical (unpaired) electrons. The third-order valence-electron chi connectivity index (χ3n) is 7.77. The van der Waals surface area contributed by atoms with Crippen LogP contribution in [0.1, 0.15) is 47.5 Å². The van der Waals surface area contributed by atoms with Crippen LogP contribution < -0.4 is 5.32 Å². The second-order valence-corrected chi connectivity index (χ2v) is 9.99. The van der Waals surface area contributed by atoms with Gasteiger partial charge in [0.2, 0.25) is 0 Å². The van der Waals surface area contributed by atoms with E-state index in [4.69, 9.17) is 19.7 Å². The molecule has 1 unspecified atom stereocenters. The van der Waals surface area contributed by atoms with Gasteiger partial charge in [-0.3, -0.25) is 0 Å². The second kappa shape index (κ2) is 9.60. The number of hydrogen-bond acceptors (Lipinski definition) is 6. The van der Waals surface area contributed by atoms with Crippen LogP contribution in [0.15, 0.2) is 120 Å². The van der Waals surface area contributed by atoms with Crippen LogP contribution in [0.3, 0.4) is 0 Å². The number of aliphatic imine (C=N–C) groups is 3. The van der Waals surface area contributed by atoms with Crippen LogP contribution in [0, 0.1) is 5.92 Å². The topological polar surface area (TPSA) is 78.6 Å². The summed E-state index contributed by atoms with van der Waals surface area (Å²) in [7, 11) is 1.69. The van der Waals surface area contributed by atoms with Gasteiger partial charge < -0.3 is 15.2 Å². The van der Waals surface area contributed by atoms with E-state index in [0.717, 1.165) is 92.6 Å². The molecular formula is C31H34N4O2. The fourth-order valence-corrected chi connectivity index (χ4v) is 5.55. The largest absolute Gasteiger partial charge is 0.515 e. The average molecular weight is 495 g/mol. The number of ether oxygens (including phenoxy) is 1. The Labute approximate surface area is 219 Å². The van der Waals surface area contributed by atoms with E-state index < -0.39 is 0 Å². The van der Waals surface area contributed by atoms with Gasteiger partial charge in [-0.1, -0.05) is 26.5 Å². The fraction of sp³-hybridized carbons (Fsp3) is 0.323. The van der Waals surface area contributed by atoms with E-state index in [0.29, 0.717) is 12.2 Å². The normalized spacial score (nSPS) is 24.4. The molecule has 0 aromatic heterocycles. The summed E-state index contributed by atoms with van der Waals surface area (Å²) < 4.78 is 5.62. The predicted molar refractivity (Wildman–Crippen MR) is 152 cm³/mol. The quantitative estimate of drug-likeness (QED) is 0.439. The van der Waals surface area contributed by atoms with E-state index in [1.165, 1.54) is 5.57 Å². The molecule has 190 valence electrons. The maximum atomic E-state index is 10.2. The van der Waals surface area contributed by atoms with E-state index in [-0.39, 0.29) is 5.92 Å². The number of rotatable bonds is 4. The van der Waals surface area contributed by atoms with Crippen LogP contribution in [-0.4, -0.2) is 36.0 Å². The Morgan fingerprint density at radius 1 is 1.03 bits per heavy atom. The van der Waals surface area contributed by atoms with Gasteiger partial charge in [-0.15, -0.1) is 0 Å². The van der Waals surface area contributed by atoms with E-state index in [1.807, 2.05) is 19.1 Å². The molecule has 1 atom stereocenters. The van der Waals surface area contributed by atoms with E-state index in [1.54, 1.807) is 7.11 Å². The molecule has 6 heteroatoms.